The summed E-state index contributed by atoms with van der Waals surface area (Å²) in [5.41, 5.74) is 5.17. The molecule has 1 aromatic rings. The van der Waals surface area contributed by atoms with Crippen LogP contribution >= 0.6 is 0 Å². The van der Waals surface area contributed by atoms with E-state index in [1.807, 2.05) is 12.1 Å². The van der Waals surface area contributed by atoms with Gasteiger partial charge in [0, 0.05) is 37.7 Å². The Balaban J connectivity index is 1.75. The number of hydrazone groups is 1. The fourth-order valence-electron chi connectivity index (χ4n) is 2.58. The Morgan fingerprint density at radius 3 is 2.77 bits per heavy atom. The zero-order chi connectivity index (χ0) is 15.7. The summed E-state index contributed by atoms with van der Waals surface area (Å²) in [5, 5.41) is 6.55. The zero-order valence-electron chi connectivity index (χ0n) is 12.2. The number of aryl methyl sites for hydroxylation is 1. The number of anilines is 2. The van der Waals surface area contributed by atoms with Gasteiger partial charge in [-0.2, -0.15) is 5.10 Å². The van der Waals surface area contributed by atoms with Gasteiger partial charge in [-0.1, -0.05) is 0 Å². The number of amides is 3. The minimum absolute atomic E-state index is 0.0941. The van der Waals surface area contributed by atoms with Crippen LogP contribution in [0.25, 0.3) is 0 Å². The molecule has 2 aliphatic heterocycles. The van der Waals surface area contributed by atoms with E-state index in [1.54, 1.807) is 18.0 Å². The van der Waals surface area contributed by atoms with E-state index in [1.165, 1.54) is 0 Å². The molecule has 0 atom stereocenters. The summed E-state index contributed by atoms with van der Waals surface area (Å²) in [6, 6.07) is 5.46. The summed E-state index contributed by atoms with van der Waals surface area (Å²) in [7, 11) is 1.75. The van der Waals surface area contributed by atoms with Crippen molar-refractivity contribution in [2.45, 2.75) is 25.7 Å². The number of rotatable bonds is 2. The fraction of sp³-hybridized carbons (Fsp3) is 0.333. The van der Waals surface area contributed by atoms with E-state index in [2.05, 4.69) is 15.8 Å². The van der Waals surface area contributed by atoms with E-state index < -0.39 is 0 Å². The molecule has 7 nitrogen and oxygen atoms in total. The maximum atomic E-state index is 12.1. The Kier molecular flexibility index (Phi) is 3.62. The molecule has 0 aromatic heterocycles. The van der Waals surface area contributed by atoms with Crippen molar-refractivity contribution >= 4 is 34.8 Å². The van der Waals surface area contributed by atoms with Crippen molar-refractivity contribution in [1.82, 2.24) is 5.43 Å². The van der Waals surface area contributed by atoms with Crippen molar-refractivity contribution in [3.63, 3.8) is 0 Å². The molecular formula is C15H16N4O3. The molecule has 22 heavy (non-hydrogen) atoms. The molecule has 2 N–H and O–H groups in total. The highest BCUT2D eigenvalue weighted by molar-refractivity contribution is 6.43. The maximum absolute atomic E-state index is 12.1. The van der Waals surface area contributed by atoms with Gasteiger partial charge < -0.3 is 10.2 Å². The van der Waals surface area contributed by atoms with Crippen molar-refractivity contribution < 1.29 is 14.4 Å². The van der Waals surface area contributed by atoms with Crippen LogP contribution in [0.2, 0.25) is 0 Å². The van der Waals surface area contributed by atoms with Crippen molar-refractivity contribution in [1.29, 1.82) is 0 Å². The summed E-state index contributed by atoms with van der Waals surface area (Å²) in [6.45, 7) is 0. The molecule has 3 amide bonds. The first kappa shape index (κ1) is 14.2. The second-order valence-corrected chi connectivity index (χ2v) is 5.34. The molecular weight excluding hydrogens is 284 g/mol. The van der Waals surface area contributed by atoms with Crippen molar-refractivity contribution in [3.8, 4) is 0 Å². The van der Waals surface area contributed by atoms with Crippen LogP contribution < -0.4 is 15.6 Å². The molecule has 114 valence electrons. The number of nitrogens with zero attached hydrogens (tertiary/aromatic N) is 2. The first-order chi connectivity index (χ1) is 10.5. The van der Waals surface area contributed by atoms with Crippen LogP contribution in [0.4, 0.5) is 11.4 Å². The number of hydrogen-bond donors (Lipinski definition) is 2. The number of carbonyl (C=O) groups excluding carboxylic acids is 3. The molecule has 2 aliphatic rings. The number of carbonyl (C=O) groups is 3. The third-order valence-electron chi connectivity index (χ3n) is 3.85. The number of benzene rings is 1. The van der Waals surface area contributed by atoms with E-state index in [0.717, 1.165) is 11.3 Å². The third-order valence-corrected chi connectivity index (χ3v) is 3.85. The van der Waals surface area contributed by atoms with Gasteiger partial charge in [0.1, 0.15) is 5.71 Å². The standard InChI is InChI=1S/C15H16N4O3/c1-19-12-5-3-10(8-9(12)2-7-14(19)21)16-15(22)11-4-6-13(20)18-17-11/h3,5,8H,2,4,6-7H2,1H3,(H,16,22)(H,18,20). The van der Waals surface area contributed by atoms with Gasteiger partial charge >= 0.3 is 0 Å². The van der Waals surface area contributed by atoms with Gasteiger partial charge in [-0.25, -0.2) is 5.43 Å². The van der Waals surface area contributed by atoms with Crippen LogP contribution in [0.15, 0.2) is 23.3 Å². The van der Waals surface area contributed by atoms with Crippen LogP contribution in [0, 0.1) is 0 Å². The summed E-state index contributed by atoms with van der Waals surface area (Å²) < 4.78 is 0. The lowest BCUT2D eigenvalue weighted by Gasteiger charge is -2.26. The first-order valence-corrected chi connectivity index (χ1v) is 7.11. The molecule has 0 saturated carbocycles. The molecule has 0 spiro atoms. The lowest BCUT2D eigenvalue weighted by atomic mass is 10.0. The second-order valence-electron chi connectivity index (χ2n) is 5.34. The fourth-order valence-corrected chi connectivity index (χ4v) is 2.58. The topological polar surface area (TPSA) is 90.9 Å². The largest absolute Gasteiger partial charge is 0.321 e. The van der Waals surface area contributed by atoms with E-state index in [0.29, 0.717) is 30.7 Å². The van der Waals surface area contributed by atoms with Gasteiger partial charge in [0.15, 0.2) is 0 Å². The Bertz CT molecular complexity index is 696. The number of fused-ring (bicyclic) bond motifs is 1. The Hall–Kier alpha value is -2.70. The summed E-state index contributed by atoms with van der Waals surface area (Å²) >= 11 is 0. The van der Waals surface area contributed by atoms with Gasteiger partial charge in [-0.3, -0.25) is 14.4 Å². The van der Waals surface area contributed by atoms with Crippen LogP contribution in [-0.4, -0.2) is 30.5 Å². The third kappa shape index (κ3) is 2.69. The van der Waals surface area contributed by atoms with Gasteiger partial charge in [0.2, 0.25) is 11.8 Å². The van der Waals surface area contributed by atoms with Crippen molar-refractivity contribution in [2.75, 3.05) is 17.3 Å². The van der Waals surface area contributed by atoms with E-state index >= 15 is 0 Å². The smallest absolute Gasteiger partial charge is 0.271 e. The van der Waals surface area contributed by atoms with E-state index in [-0.39, 0.29) is 24.1 Å². The lowest BCUT2D eigenvalue weighted by Crippen LogP contribution is -2.33. The number of nitrogens with one attached hydrogen (secondary N) is 2. The van der Waals surface area contributed by atoms with Crippen LogP contribution in [0.1, 0.15) is 24.8 Å². The van der Waals surface area contributed by atoms with Gasteiger partial charge in [-0.05, 0) is 30.2 Å². The molecule has 0 unspecified atom stereocenters. The van der Waals surface area contributed by atoms with Crippen LogP contribution in [-0.2, 0) is 20.8 Å². The highest BCUT2D eigenvalue weighted by Crippen LogP contribution is 2.29. The van der Waals surface area contributed by atoms with E-state index in [9.17, 15) is 14.4 Å². The van der Waals surface area contributed by atoms with Gasteiger partial charge in [0.25, 0.3) is 5.91 Å². The Labute approximate surface area is 127 Å². The first-order valence-electron chi connectivity index (χ1n) is 7.11. The van der Waals surface area contributed by atoms with Gasteiger partial charge in [-0.15, -0.1) is 0 Å². The zero-order valence-corrected chi connectivity index (χ0v) is 12.2. The maximum Gasteiger partial charge on any atom is 0.271 e. The normalized spacial score (nSPS) is 17.5. The minimum Gasteiger partial charge on any atom is -0.321 e. The van der Waals surface area contributed by atoms with Crippen molar-refractivity contribution in [2.24, 2.45) is 5.10 Å². The predicted molar refractivity (Wildman–Crippen MR) is 81.6 cm³/mol. The quantitative estimate of drug-likeness (QED) is 0.846. The Morgan fingerprint density at radius 1 is 1.23 bits per heavy atom. The number of hydrogen-bond acceptors (Lipinski definition) is 4. The predicted octanol–water partition coefficient (Wildman–Crippen LogP) is 0.800. The average Bonchev–Trinajstić information content (AvgIpc) is 2.51. The molecule has 0 bridgehead atoms. The highest BCUT2D eigenvalue weighted by atomic mass is 16.2. The SMILES string of the molecule is CN1C(=O)CCc2cc(NC(=O)C3=NNC(=O)CC3)ccc21. The van der Waals surface area contributed by atoms with Crippen LogP contribution in [0.3, 0.4) is 0 Å². The summed E-state index contributed by atoms with van der Waals surface area (Å²) in [6.07, 6.45) is 1.74. The molecule has 0 aliphatic carbocycles. The van der Waals surface area contributed by atoms with Crippen molar-refractivity contribution in [3.05, 3.63) is 23.8 Å². The minimum atomic E-state index is -0.319. The molecule has 2 heterocycles. The second kappa shape index (κ2) is 5.59. The molecule has 0 saturated heterocycles. The Morgan fingerprint density at radius 2 is 2.05 bits per heavy atom. The monoisotopic (exact) mass is 300 g/mol. The summed E-state index contributed by atoms with van der Waals surface area (Å²) in [5.74, 6) is -0.408. The summed E-state index contributed by atoms with van der Waals surface area (Å²) in [4.78, 5) is 36.4. The lowest BCUT2D eigenvalue weighted by molar-refractivity contribution is -0.121. The average molecular weight is 300 g/mol. The van der Waals surface area contributed by atoms with E-state index in [4.69, 9.17) is 0 Å². The molecule has 0 radical (unpaired) electrons. The van der Waals surface area contributed by atoms with Crippen LogP contribution in [0.5, 0.6) is 0 Å². The molecule has 3 rings (SSSR count). The molecule has 0 fully saturated rings. The molecule has 7 heteroatoms. The highest BCUT2D eigenvalue weighted by Gasteiger charge is 2.22. The molecule has 1 aromatic carbocycles. The van der Waals surface area contributed by atoms with Gasteiger partial charge in [0.05, 0.1) is 0 Å².